The Balaban J connectivity index is 0.000000589. The Bertz CT molecular complexity index is 792. The second-order valence-electron chi connectivity index (χ2n) is 9.06. The quantitative estimate of drug-likeness (QED) is 0.577. The molecule has 1 aromatic carbocycles. The third kappa shape index (κ3) is 4.86. The van der Waals surface area contributed by atoms with Gasteiger partial charge in [0.05, 0.1) is 11.1 Å². The van der Waals surface area contributed by atoms with Crippen LogP contribution >= 0.6 is 23.2 Å². The second-order valence-corrected chi connectivity index (χ2v) is 9.84. The molecule has 4 rings (SSSR count). The summed E-state index contributed by atoms with van der Waals surface area (Å²) in [6, 6.07) is 2.92. The number of phenolic OH excluding ortho intramolecular Hbond substituents is 1. The van der Waals surface area contributed by atoms with Crippen molar-refractivity contribution in [2.45, 2.75) is 76.4 Å². The zero-order valence-electron chi connectivity index (χ0n) is 17.1. The topological polar surface area (TPSA) is 92.4 Å². The average Bonchev–Trinajstić information content (AvgIpc) is 3.38. The molecule has 0 aliphatic heterocycles. The first-order chi connectivity index (χ1) is 14.1. The lowest BCUT2D eigenvalue weighted by atomic mass is 9.74. The van der Waals surface area contributed by atoms with E-state index in [0.717, 1.165) is 44.1 Å². The predicted molar refractivity (Wildman–Crippen MR) is 115 cm³/mol. The number of aromatic hydroxyl groups is 1. The van der Waals surface area contributed by atoms with E-state index in [2.05, 4.69) is 11.1 Å². The summed E-state index contributed by atoms with van der Waals surface area (Å²) in [5.41, 5.74) is 3.76. The predicted octanol–water partition coefficient (Wildman–Crippen LogP) is 5.21. The highest BCUT2D eigenvalue weighted by Crippen LogP contribution is 2.63. The van der Waals surface area contributed by atoms with Crippen molar-refractivity contribution < 1.29 is 19.1 Å². The first-order valence-corrected chi connectivity index (χ1v) is 11.2. The monoisotopic (exact) mass is 458 g/mol. The van der Waals surface area contributed by atoms with Crippen molar-refractivity contribution in [1.82, 2.24) is 5.32 Å². The molecule has 0 aromatic heterocycles. The number of rotatable bonds is 4. The summed E-state index contributed by atoms with van der Waals surface area (Å²) < 4.78 is 14.9. The van der Waals surface area contributed by atoms with E-state index < -0.39 is 5.67 Å². The number of nitrogens with one attached hydrogen (secondary N) is 1. The number of carbonyl (C=O) groups is 2. The van der Waals surface area contributed by atoms with Crippen molar-refractivity contribution in [3.63, 3.8) is 0 Å². The maximum atomic E-state index is 14.9. The van der Waals surface area contributed by atoms with Crippen LogP contribution in [0.2, 0.25) is 10.0 Å². The van der Waals surface area contributed by atoms with Gasteiger partial charge in [-0.1, -0.05) is 36.0 Å². The lowest BCUT2D eigenvalue weighted by Gasteiger charge is -2.37. The molecule has 3 fully saturated rings. The molecule has 3 aliphatic rings. The van der Waals surface area contributed by atoms with Gasteiger partial charge in [-0.05, 0) is 68.1 Å². The van der Waals surface area contributed by atoms with Crippen LogP contribution in [0, 0.1) is 11.3 Å². The zero-order chi connectivity index (χ0) is 22.1. The van der Waals surface area contributed by atoms with Gasteiger partial charge in [-0.3, -0.25) is 9.59 Å². The van der Waals surface area contributed by atoms with Crippen LogP contribution in [0.15, 0.2) is 12.1 Å². The highest BCUT2D eigenvalue weighted by atomic mass is 35.5. The van der Waals surface area contributed by atoms with Gasteiger partial charge in [0.2, 0.25) is 11.8 Å². The molecule has 1 unspecified atom stereocenters. The van der Waals surface area contributed by atoms with Gasteiger partial charge in [0, 0.05) is 12.8 Å². The highest BCUT2D eigenvalue weighted by molar-refractivity contribution is 6.42. The van der Waals surface area contributed by atoms with E-state index in [4.69, 9.17) is 23.2 Å². The Kier molecular flexibility index (Phi) is 6.87. The van der Waals surface area contributed by atoms with E-state index >= 15 is 0 Å². The molecule has 0 saturated heterocycles. The molecule has 3 saturated carbocycles. The van der Waals surface area contributed by atoms with Gasteiger partial charge in [-0.25, -0.2) is 4.39 Å². The lowest BCUT2D eigenvalue weighted by molar-refractivity contribution is -0.126. The van der Waals surface area contributed by atoms with E-state index in [1.807, 2.05) is 0 Å². The summed E-state index contributed by atoms with van der Waals surface area (Å²) in [5.74, 6) is -0.368. The van der Waals surface area contributed by atoms with E-state index in [0.29, 0.717) is 19.3 Å². The van der Waals surface area contributed by atoms with Gasteiger partial charge in [0.25, 0.3) is 0 Å². The van der Waals surface area contributed by atoms with Crippen molar-refractivity contribution in [1.29, 1.82) is 0 Å². The van der Waals surface area contributed by atoms with Gasteiger partial charge in [-0.15, -0.1) is 0 Å². The Hall–Kier alpha value is -1.53. The number of benzene rings is 1. The fourth-order valence-electron chi connectivity index (χ4n) is 5.37. The van der Waals surface area contributed by atoms with E-state index in [1.165, 1.54) is 6.92 Å². The van der Waals surface area contributed by atoms with Crippen molar-refractivity contribution in [2.24, 2.45) is 17.1 Å². The minimum absolute atomic E-state index is 0.0307. The molecule has 4 N–H and O–H groups in total. The number of alkyl halides is 1. The molecule has 1 aromatic rings. The van der Waals surface area contributed by atoms with E-state index in [-0.39, 0.29) is 45.0 Å². The third-order valence-electron chi connectivity index (χ3n) is 6.80. The molecule has 5 nitrogen and oxygen atoms in total. The van der Waals surface area contributed by atoms with Crippen LogP contribution in [0.25, 0.3) is 0 Å². The molecule has 30 heavy (non-hydrogen) atoms. The average molecular weight is 459 g/mol. The summed E-state index contributed by atoms with van der Waals surface area (Å²) in [4.78, 5) is 22.1. The molecule has 1 atom stereocenters. The molecule has 2 bridgehead atoms. The summed E-state index contributed by atoms with van der Waals surface area (Å²) >= 11 is 12.2. The number of hydrogen-bond donors (Lipinski definition) is 3. The highest BCUT2D eigenvalue weighted by Gasteiger charge is 2.58. The lowest BCUT2D eigenvalue weighted by Crippen LogP contribution is -2.41. The number of fused-ring (bicyclic) bond motifs is 2. The standard InChI is InChI=1S/C20H24Cl2FNO2.C2H5NO/c21-14-9-13(10-15(25)16(14)22)17(24-18(26)12-3-1-2-4-12)19-5-7-20(23,11-19)8-6-19;1-2(3)4/h9-10,12,17,25H,1-8,11H2,(H,24,26);1H3,(H2,3,4). The maximum Gasteiger partial charge on any atom is 0.223 e. The normalized spacial score (nSPS) is 28.7. The van der Waals surface area contributed by atoms with E-state index in [1.54, 1.807) is 12.1 Å². The number of hydrogen-bond acceptors (Lipinski definition) is 3. The van der Waals surface area contributed by atoms with Crippen LogP contribution in [0.3, 0.4) is 0 Å². The Morgan fingerprint density at radius 3 is 2.23 bits per heavy atom. The Morgan fingerprint density at radius 2 is 1.77 bits per heavy atom. The van der Waals surface area contributed by atoms with Gasteiger partial charge >= 0.3 is 0 Å². The van der Waals surface area contributed by atoms with Crippen LogP contribution < -0.4 is 11.1 Å². The number of amides is 2. The van der Waals surface area contributed by atoms with Crippen LogP contribution in [0.5, 0.6) is 5.75 Å². The van der Waals surface area contributed by atoms with Crippen LogP contribution in [0.4, 0.5) is 4.39 Å². The minimum atomic E-state index is -1.12. The van der Waals surface area contributed by atoms with Crippen molar-refractivity contribution in [3.05, 3.63) is 27.7 Å². The smallest absolute Gasteiger partial charge is 0.223 e. The molecule has 0 spiro atoms. The first-order valence-electron chi connectivity index (χ1n) is 10.5. The summed E-state index contributed by atoms with van der Waals surface area (Å²) in [6.07, 6.45) is 6.98. The largest absolute Gasteiger partial charge is 0.506 e. The van der Waals surface area contributed by atoms with Crippen molar-refractivity contribution in [2.75, 3.05) is 0 Å². The molecular formula is C22H29Cl2FN2O3. The molecule has 0 radical (unpaired) electrons. The van der Waals surface area contributed by atoms with Crippen LogP contribution in [-0.4, -0.2) is 22.6 Å². The fourth-order valence-corrected chi connectivity index (χ4v) is 5.70. The second kappa shape index (κ2) is 8.91. The van der Waals surface area contributed by atoms with Crippen molar-refractivity contribution >= 4 is 35.0 Å². The van der Waals surface area contributed by atoms with E-state index in [9.17, 15) is 19.1 Å². The number of halogens is 3. The zero-order valence-corrected chi connectivity index (χ0v) is 18.7. The number of phenols is 1. The Labute approximate surface area is 186 Å². The Morgan fingerprint density at radius 1 is 1.20 bits per heavy atom. The maximum absolute atomic E-state index is 14.9. The molecule has 166 valence electrons. The summed E-state index contributed by atoms with van der Waals surface area (Å²) in [7, 11) is 0. The number of nitrogens with two attached hydrogens (primary N) is 1. The molecule has 2 amide bonds. The van der Waals surface area contributed by atoms with Crippen molar-refractivity contribution in [3.8, 4) is 5.75 Å². The molecule has 0 heterocycles. The number of primary amides is 1. The third-order valence-corrected chi connectivity index (χ3v) is 7.59. The first kappa shape index (κ1) is 23.1. The number of carbonyl (C=O) groups excluding carboxylic acids is 2. The van der Waals surface area contributed by atoms with Crippen LogP contribution in [0.1, 0.15) is 76.3 Å². The summed E-state index contributed by atoms with van der Waals surface area (Å²) in [5, 5.41) is 13.7. The summed E-state index contributed by atoms with van der Waals surface area (Å²) in [6.45, 7) is 1.31. The van der Waals surface area contributed by atoms with Gasteiger partial charge < -0.3 is 16.2 Å². The minimum Gasteiger partial charge on any atom is -0.506 e. The fraction of sp³-hybridized carbons (Fsp3) is 0.636. The SMILES string of the molecule is CC(N)=O.O=C(NC(c1cc(O)c(Cl)c(Cl)c1)C12CCC(F)(CC1)C2)C1CCCC1. The van der Waals surface area contributed by atoms with Gasteiger partial charge in [-0.2, -0.15) is 0 Å². The molecule has 8 heteroatoms. The molecular weight excluding hydrogens is 430 g/mol. The molecule has 3 aliphatic carbocycles. The van der Waals surface area contributed by atoms with Gasteiger partial charge in [0.15, 0.2) is 0 Å². The van der Waals surface area contributed by atoms with Gasteiger partial charge in [0.1, 0.15) is 16.4 Å². The van der Waals surface area contributed by atoms with Crippen LogP contribution in [-0.2, 0) is 9.59 Å².